The van der Waals surface area contributed by atoms with Gasteiger partial charge in [-0.05, 0) is 37.6 Å². The Morgan fingerprint density at radius 2 is 1.79 bits per heavy atom. The van der Waals surface area contributed by atoms with Crippen LogP contribution >= 0.6 is 12.4 Å². The molecule has 9 nitrogen and oxygen atoms in total. The summed E-state index contributed by atoms with van der Waals surface area (Å²) in [6.07, 6.45) is 0. The molecule has 2 aliphatic rings. The summed E-state index contributed by atoms with van der Waals surface area (Å²) >= 11 is 0. The summed E-state index contributed by atoms with van der Waals surface area (Å²) in [5.74, 6) is -3.43. The van der Waals surface area contributed by atoms with E-state index in [1.54, 1.807) is 19.9 Å². The average Bonchev–Trinajstić information content (AvgIpc) is 3.37. The lowest BCUT2D eigenvalue weighted by Crippen LogP contribution is -2.40. The predicted molar refractivity (Wildman–Crippen MR) is 138 cm³/mol. The molecule has 0 radical (unpaired) electrons. The quantitative estimate of drug-likeness (QED) is 0.456. The van der Waals surface area contributed by atoms with Gasteiger partial charge in [0.1, 0.15) is 17.5 Å². The molecule has 0 atom stereocenters. The lowest BCUT2D eigenvalue weighted by molar-refractivity contribution is 0.0340. The number of amides is 1. The zero-order chi connectivity index (χ0) is 27.2. The summed E-state index contributed by atoms with van der Waals surface area (Å²) in [6, 6.07) is 6.49. The third kappa shape index (κ3) is 5.41. The van der Waals surface area contributed by atoms with Crippen LogP contribution in [0, 0.1) is 17.5 Å². The van der Waals surface area contributed by atoms with Crippen LogP contribution in [0.2, 0.25) is 0 Å². The largest absolute Gasteiger partial charge is 0.379 e. The first-order valence-electron chi connectivity index (χ1n) is 11.9. The molecule has 1 amide bonds. The summed E-state index contributed by atoms with van der Waals surface area (Å²) in [7, 11) is -4.34. The van der Waals surface area contributed by atoms with Crippen LogP contribution in [0.1, 0.15) is 41.0 Å². The molecule has 5 rings (SSSR count). The smallest absolute Gasteiger partial charge is 0.260 e. The Hall–Kier alpha value is -2.97. The SMILES string of the molecule is CC1(C)c2[nH]nc(NC(=O)c3c(F)cccc3CN3CCOCC3)c2CN1S(=O)(=O)c1cc(F)cc(F)c1.Cl. The molecule has 210 valence electrons. The zero-order valence-corrected chi connectivity index (χ0v) is 22.8. The van der Waals surface area contributed by atoms with Gasteiger partial charge in [-0.2, -0.15) is 9.40 Å². The van der Waals surface area contributed by atoms with Gasteiger partial charge in [-0.15, -0.1) is 12.4 Å². The number of morpholine rings is 1. The summed E-state index contributed by atoms with van der Waals surface area (Å²) in [5, 5.41) is 9.53. The number of fused-ring (bicyclic) bond motifs is 1. The molecular weight excluding hydrogens is 559 g/mol. The molecule has 0 saturated carbocycles. The van der Waals surface area contributed by atoms with E-state index < -0.39 is 43.8 Å². The molecule has 39 heavy (non-hydrogen) atoms. The van der Waals surface area contributed by atoms with Gasteiger partial charge in [0.25, 0.3) is 5.91 Å². The number of benzene rings is 2. The summed E-state index contributed by atoms with van der Waals surface area (Å²) in [6.45, 7) is 5.73. The molecule has 0 unspecified atom stereocenters. The normalized spacial score (nSPS) is 17.5. The third-order valence-electron chi connectivity index (χ3n) is 6.88. The van der Waals surface area contributed by atoms with Crippen LogP contribution in [-0.4, -0.2) is 60.0 Å². The molecule has 0 aliphatic carbocycles. The first kappa shape index (κ1) is 29.0. The van der Waals surface area contributed by atoms with Crippen molar-refractivity contribution in [1.82, 2.24) is 19.4 Å². The maximum absolute atomic E-state index is 14.9. The highest BCUT2D eigenvalue weighted by molar-refractivity contribution is 7.89. The van der Waals surface area contributed by atoms with Crippen LogP contribution in [-0.2, 0) is 33.4 Å². The van der Waals surface area contributed by atoms with Crippen molar-refractivity contribution < 1.29 is 31.1 Å². The minimum atomic E-state index is -4.34. The number of hydrogen-bond donors (Lipinski definition) is 2. The van der Waals surface area contributed by atoms with Crippen molar-refractivity contribution in [2.45, 2.75) is 37.4 Å². The van der Waals surface area contributed by atoms with Crippen molar-refractivity contribution >= 4 is 34.2 Å². The van der Waals surface area contributed by atoms with Crippen molar-refractivity contribution in [2.75, 3.05) is 31.6 Å². The number of aromatic nitrogens is 2. The van der Waals surface area contributed by atoms with E-state index in [1.165, 1.54) is 12.1 Å². The second kappa shape index (κ2) is 10.9. The van der Waals surface area contributed by atoms with Crippen molar-refractivity contribution in [1.29, 1.82) is 0 Å². The lowest BCUT2D eigenvalue weighted by Gasteiger charge is -2.30. The Kier molecular flexibility index (Phi) is 8.11. The molecule has 2 aromatic carbocycles. The molecule has 14 heteroatoms. The molecule has 3 heterocycles. The average molecular weight is 586 g/mol. The topological polar surface area (TPSA) is 108 Å². The lowest BCUT2D eigenvalue weighted by atomic mass is 10.0. The van der Waals surface area contributed by atoms with Crippen LogP contribution < -0.4 is 5.32 Å². The Labute approximate surface area is 229 Å². The van der Waals surface area contributed by atoms with E-state index in [0.717, 1.165) is 16.4 Å². The number of hydrogen-bond acceptors (Lipinski definition) is 6. The molecule has 2 aliphatic heterocycles. The van der Waals surface area contributed by atoms with Crippen molar-refractivity contribution in [3.05, 3.63) is 76.2 Å². The number of halogens is 4. The molecule has 1 aromatic heterocycles. The minimum Gasteiger partial charge on any atom is -0.379 e. The molecule has 1 fully saturated rings. The van der Waals surface area contributed by atoms with Gasteiger partial charge in [0.2, 0.25) is 10.0 Å². The number of sulfonamides is 1. The van der Waals surface area contributed by atoms with Crippen LogP contribution in [0.3, 0.4) is 0 Å². The number of carbonyl (C=O) groups excluding carboxylic acids is 1. The maximum Gasteiger partial charge on any atom is 0.260 e. The van der Waals surface area contributed by atoms with E-state index >= 15 is 0 Å². The van der Waals surface area contributed by atoms with Gasteiger partial charge in [0.05, 0.1) is 34.9 Å². The van der Waals surface area contributed by atoms with Gasteiger partial charge in [-0.3, -0.25) is 14.8 Å². The molecule has 2 N–H and O–H groups in total. The summed E-state index contributed by atoms with van der Waals surface area (Å²) < 4.78 is 75.6. The highest BCUT2D eigenvalue weighted by Gasteiger charge is 2.48. The highest BCUT2D eigenvalue weighted by Crippen LogP contribution is 2.44. The second-order valence-electron chi connectivity index (χ2n) is 9.72. The maximum atomic E-state index is 14.9. The second-order valence-corrected chi connectivity index (χ2v) is 11.6. The first-order valence-corrected chi connectivity index (χ1v) is 13.4. The third-order valence-corrected chi connectivity index (χ3v) is 8.88. The van der Waals surface area contributed by atoms with Crippen LogP contribution in [0.25, 0.3) is 0 Å². The number of H-pyrrole nitrogens is 1. The van der Waals surface area contributed by atoms with Gasteiger partial charge in [0, 0.05) is 37.8 Å². The number of nitrogens with zero attached hydrogens (tertiary/aromatic N) is 3. The fourth-order valence-corrected chi connectivity index (χ4v) is 6.68. The Morgan fingerprint density at radius 1 is 1.13 bits per heavy atom. The number of nitrogens with one attached hydrogen (secondary N) is 2. The minimum absolute atomic E-state index is 0. The van der Waals surface area contributed by atoms with Gasteiger partial charge in [0.15, 0.2) is 5.82 Å². The van der Waals surface area contributed by atoms with E-state index in [-0.39, 0.29) is 30.3 Å². The van der Waals surface area contributed by atoms with E-state index in [9.17, 15) is 26.4 Å². The van der Waals surface area contributed by atoms with E-state index in [2.05, 4.69) is 20.4 Å². The Morgan fingerprint density at radius 3 is 2.46 bits per heavy atom. The van der Waals surface area contributed by atoms with E-state index in [1.807, 2.05) is 0 Å². The number of carbonyl (C=O) groups is 1. The van der Waals surface area contributed by atoms with Gasteiger partial charge in [-0.1, -0.05) is 12.1 Å². The molecule has 3 aromatic rings. The number of anilines is 1. The number of aromatic amines is 1. The number of rotatable bonds is 6. The van der Waals surface area contributed by atoms with Crippen LogP contribution in [0.4, 0.5) is 19.0 Å². The van der Waals surface area contributed by atoms with Gasteiger partial charge < -0.3 is 10.1 Å². The Bertz CT molecular complexity index is 1490. The van der Waals surface area contributed by atoms with Gasteiger partial charge in [-0.25, -0.2) is 21.6 Å². The van der Waals surface area contributed by atoms with Crippen molar-refractivity contribution in [3.63, 3.8) is 0 Å². The number of ether oxygens (including phenoxy) is 1. The fourth-order valence-electron chi connectivity index (χ4n) is 4.91. The summed E-state index contributed by atoms with van der Waals surface area (Å²) in [5.41, 5.74) is -0.0564. The molecular formula is C25H27ClF3N5O4S. The zero-order valence-electron chi connectivity index (χ0n) is 21.1. The van der Waals surface area contributed by atoms with E-state index in [4.69, 9.17) is 4.74 Å². The fraction of sp³-hybridized carbons (Fsp3) is 0.360. The van der Waals surface area contributed by atoms with E-state index in [0.29, 0.717) is 55.7 Å². The van der Waals surface area contributed by atoms with Crippen molar-refractivity contribution in [3.8, 4) is 0 Å². The monoisotopic (exact) mass is 585 g/mol. The molecule has 0 bridgehead atoms. The van der Waals surface area contributed by atoms with Gasteiger partial charge >= 0.3 is 0 Å². The predicted octanol–water partition coefficient (Wildman–Crippen LogP) is 3.77. The van der Waals surface area contributed by atoms with Crippen LogP contribution in [0.5, 0.6) is 0 Å². The Balaban J connectivity index is 0.00000353. The standard InChI is InChI=1S/C25H26F3N5O4S.ClH/c1-25(2)22-19(14-33(25)38(35,36)18-11-16(26)10-17(27)12-18)23(31-30-22)29-24(34)21-15(4-3-5-20(21)28)13-32-6-8-37-9-7-32;/h3-5,10-12H,6-9,13-14H2,1-2H3,(H2,29,30,31,34);1H. The van der Waals surface area contributed by atoms with Crippen LogP contribution in [0.15, 0.2) is 41.3 Å². The molecule has 1 saturated heterocycles. The highest BCUT2D eigenvalue weighted by atomic mass is 35.5. The van der Waals surface area contributed by atoms with Crippen molar-refractivity contribution in [2.24, 2.45) is 0 Å². The summed E-state index contributed by atoms with van der Waals surface area (Å²) in [4.78, 5) is 14.8. The molecule has 0 spiro atoms. The first-order chi connectivity index (χ1) is 18.0.